The van der Waals surface area contributed by atoms with Crippen LogP contribution in [0.4, 0.5) is 0 Å². The Bertz CT molecular complexity index is 785. The molecule has 0 N–H and O–H groups in total. The quantitative estimate of drug-likeness (QED) is 0.726. The van der Waals surface area contributed by atoms with Crippen LogP contribution >= 0.6 is 11.3 Å². The molecule has 2 aromatic heterocycles. The summed E-state index contributed by atoms with van der Waals surface area (Å²) in [5.41, 5.74) is 2.18. The lowest BCUT2D eigenvalue weighted by Gasteiger charge is -2.30. The highest BCUT2D eigenvalue weighted by molar-refractivity contribution is 7.09. The van der Waals surface area contributed by atoms with Crippen LogP contribution in [0.15, 0.2) is 40.4 Å². The van der Waals surface area contributed by atoms with Gasteiger partial charge in [-0.15, -0.1) is 11.3 Å². The maximum absolute atomic E-state index is 5.82. The zero-order valence-corrected chi connectivity index (χ0v) is 14.2. The molecule has 1 unspecified atom stereocenters. The van der Waals surface area contributed by atoms with Gasteiger partial charge in [0.15, 0.2) is 0 Å². The minimum Gasteiger partial charge on any atom is -0.368 e. The summed E-state index contributed by atoms with van der Waals surface area (Å²) in [4.78, 5) is 11.1. The molecule has 1 fully saturated rings. The van der Waals surface area contributed by atoms with Crippen molar-refractivity contribution in [2.45, 2.75) is 19.6 Å². The van der Waals surface area contributed by atoms with E-state index in [1.54, 1.807) is 11.3 Å². The molecule has 0 amide bonds. The zero-order valence-electron chi connectivity index (χ0n) is 13.4. The maximum atomic E-state index is 5.82. The van der Waals surface area contributed by atoms with E-state index in [2.05, 4.69) is 26.9 Å². The molecule has 0 radical (unpaired) electrons. The van der Waals surface area contributed by atoms with E-state index >= 15 is 0 Å². The van der Waals surface area contributed by atoms with E-state index in [-0.39, 0.29) is 6.10 Å². The van der Waals surface area contributed by atoms with E-state index in [9.17, 15) is 0 Å². The largest absolute Gasteiger partial charge is 0.368 e. The first-order valence-corrected chi connectivity index (χ1v) is 8.79. The summed E-state index contributed by atoms with van der Waals surface area (Å²) in [6.45, 7) is 5.01. The molecule has 3 aromatic rings. The van der Waals surface area contributed by atoms with Crippen LogP contribution in [-0.4, -0.2) is 39.7 Å². The number of rotatable bonds is 4. The molecule has 7 heteroatoms. The lowest BCUT2D eigenvalue weighted by atomic mass is 10.1. The highest BCUT2D eigenvalue weighted by Gasteiger charge is 2.25. The molecule has 0 spiro atoms. The van der Waals surface area contributed by atoms with Crippen LogP contribution in [0.3, 0.4) is 0 Å². The maximum Gasteiger partial charge on any atom is 0.241 e. The van der Waals surface area contributed by atoms with Gasteiger partial charge in [-0.25, -0.2) is 4.98 Å². The molecule has 1 aliphatic heterocycles. The van der Waals surface area contributed by atoms with Gasteiger partial charge in [0.1, 0.15) is 11.1 Å². The Morgan fingerprint density at radius 3 is 2.96 bits per heavy atom. The highest BCUT2D eigenvalue weighted by Crippen LogP contribution is 2.25. The number of aromatic nitrogens is 3. The van der Waals surface area contributed by atoms with Crippen LogP contribution in [0.2, 0.25) is 0 Å². The molecule has 0 aliphatic carbocycles. The van der Waals surface area contributed by atoms with Gasteiger partial charge in [0.2, 0.25) is 11.7 Å². The normalized spacial score (nSPS) is 18.8. The fourth-order valence-corrected chi connectivity index (χ4v) is 3.40. The van der Waals surface area contributed by atoms with Crippen LogP contribution < -0.4 is 0 Å². The Morgan fingerprint density at radius 2 is 2.17 bits per heavy atom. The highest BCUT2D eigenvalue weighted by atomic mass is 32.1. The fourth-order valence-electron chi connectivity index (χ4n) is 2.72. The number of nitrogens with zero attached hydrogens (tertiary/aromatic N) is 4. The van der Waals surface area contributed by atoms with Crippen molar-refractivity contribution < 1.29 is 9.26 Å². The second kappa shape index (κ2) is 6.80. The van der Waals surface area contributed by atoms with Crippen molar-refractivity contribution in [1.82, 2.24) is 20.0 Å². The Hall–Kier alpha value is -2.09. The third kappa shape index (κ3) is 3.38. The molecule has 4 rings (SSSR count). The second-order valence-electron chi connectivity index (χ2n) is 5.84. The third-order valence-corrected chi connectivity index (χ3v) is 4.88. The minimum absolute atomic E-state index is 0.0261. The number of ether oxygens (including phenoxy) is 1. The summed E-state index contributed by atoms with van der Waals surface area (Å²) in [7, 11) is 0. The van der Waals surface area contributed by atoms with Gasteiger partial charge in [0, 0.05) is 30.2 Å². The van der Waals surface area contributed by atoms with Gasteiger partial charge in [-0.2, -0.15) is 4.98 Å². The van der Waals surface area contributed by atoms with Crippen molar-refractivity contribution >= 4 is 11.3 Å². The van der Waals surface area contributed by atoms with E-state index in [1.165, 1.54) is 5.56 Å². The van der Waals surface area contributed by atoms with Crippen LogP contribution in [0.5, 0.6) is 0 Å². The Kier molecular flexibility index (Phi) is 4.38. The molecule has 24 heavy (non-hydrogen) atoms. The Balaban J connectivity index is 1.43. The number of benzene rings is 1. The van der Waals surface area contributed by atoms with E-state index in [0.29, 0.717) is 24.9 Å². The number of morpholine rings is 1. The molecular formula is C17H18N4O2S. The number of hydrogen-bond donors (Lipinski definition) is 0. The average Bonchev–Trinajstić information content (AvgIpc) is 3.28. The van der Waals surface area contributed by atoms with E-state index in [1.807, 2.05) is 35.8 Å². The first-order chi connectivity index (χ1) is 11.8. The first kappa shape index (κ1) is 15.4. The van der Waals surface area contributed by atoms with E-state index in [4.69, 9.17) is 9.26 Å². The summed E-state index contributed by atoms with van der Waals surface area (Å²) < 4.78 is 11.2. The summed E-state index contributed by atoms with van der Waals surface area (Å²) >= 11 is 1.63. The van der Waals surface area contributed by atoms with Gasteiger partial charge < -0.3 is 9.26 Å². The summed E-state index contributed by atoms with van der Waals surface area (Å²) in [6.07, 6.45) is 1.84. The topological polar surface area (TPSA) is 64.3 Å². The standard InChI is InChI=1S/C17H18N4O2S/c1-12-2-4-13(5-3-12)16-19-15(23-20-16)11-21-7-8-22-14(10-21)17-18-6-9-24-17/h2-6,9,14H,7-8,10-11H2,1H3. The van der Waals surface area contributed by atoms with Gasteiger partial charge in [-0.3, -0.25) is 4.90 Å². The number of hydrogen-bond acceptors (Lipinski definition) is 7. The molecule has 0 saturated carbocycles. The average molecular weight is 342 g/mol. The molecule has 1 atom stereocenters. The molecule has 3 heterocycles. The lowest BCUT2D eigenvalue weighted by molar-refractivity contribution is -0.0356. The Labute approximate surface area is 144 Å². The van der Waals surface area contributed by atoms with Crippen molar-refractivity contribution in [2.75, 3.05) is 19.7 Å². The molecule has 124 valence electrons. The van der Waals surface area contributed by atoms with Crippen molar-refractivity contribution in [3.8, 4) is 11.4 Å². The predicted octanol–water partition coefficient (Wildman–Crippen LogP) is 3.08. The zero-order chi connectivity index (χ0) is 16.4. The SMILES string of the molecule is Cc1ccc(-c2noc(CN3CCOC(c4nccs4)C3)n2)cc1. The van der Waals surface area contributed by atoms with Crippen LogP contribution in [-0.2, 0) is 11.3 Å². The first-order valence-electron chi connectivity index (χ1n) is 7.91. The summed E-state index contributed by atoms with van der Waals surface area (Å²) in [5, 5.41) is 7.09. The van der Waals surface area contributed by atoms with Crippen molar-refractivity contribution in [1.29, 1.82) is 0 Å². The second-order valence-corrected chi connectivity index (χ2v) is 6.77. The molecule has 1 saturated heterocycles. The minimum atomic E-state index is 0.0261. The summed E-state index contributed by atoms with van der Waals surface area (Å²) in [6, 6.07) is 8.12. The van der Waals surface area contributed by atoms with Gasteiger partial charge in [0.25, 0.3) is 0 Å². The lowest BCUT2D eigenvalue weighted by Crippen LogP contribution is -2.37. The van der Waals surface area contributed by atoms with Crippen molar-refractivity contribution in [2.24, 2.45) is 0 Å². The molecular weight excluding hydrogens is 324 g/mol. The predicted molar refractivity (Wildman–Crippen MR) is 90.6 cm³/mol. The van der Waals surface area contributed by atoms with Crippen molar-refractivity contribution in [3.63, 3.8) is 0 Å². The number of aryl methyl sites for hydroxylation is 1. The fraction of sp³-hybridized carbons (Fsp3) is 0.353. The van der Waals surface area contributed by atoms with Crippen molar-refractivity contribution in [3.05, 3.63) is 52.3 Å². The smallest absolute Gasteiger partial charge is 0.241 e. The summed E-state index contributed by atoms with van der Waals surface area (Å²) in [5.74, 6) is 1.26. The number of thiazole rings is 1. The Morgan fingerprint density at radius 1 is 1.29 bits per heavy atom. The van der Waals surface area contributed by atoms with Crippen LogP contribution in [0.25, 0.3) is 11.4 Å². The van der Waals surface area contributed by atoms with E-state index < -0.39 is 0 Å². The van der Waals surface area contributed by atoms with Gasteiger partial charge in [-0.1, -0.05) is 35.0 Å². The molecule has 6 nitrogen and oxygen atoms in total. The van der Waals surface area contributed by atoms with E-state index in [0.717, 1.165) is 23.7 Å². The molecule has 1 aliphatic rings. The van der Waals surface area contributed by atoms with Crippen LogP contribution in [0, 0.1) is 6.92 Å². The van der Waals surface area contributed by atoms with Gasteiger partial charge in [0.05, 0.1) is 13.2 Å². The van der Waals surface area contributed by atoms with Gasteiger partial charge in [-0.05, 0) is 6.92 Å². The monoisotopic (exact) mass is 342 g/mol. The van der Waals surface area contributed by atoms with Gasteiger partial charge >= 0.3 is 0 Å². The third-order valence-electron chi connectivity index (χ3n) is 4.01. The van der Waals surface area contributed by atoms with Crippen LogP contribution in [0.1, 0.15) is 22.6 Å². The molecule has 0 bridgehead atoms. The molecule has 1 aromatic carbocycles.